The second-order valence-electron chi connectivity index (χ2n) is 5.43. The van der Waals surface area contributed by atoms with Gasteiger partial charge in [0.25, 0.3) is 0 Å². The standard InChI is InChI=1S/C12H20/c1-3-8-7(2)6-11-9-4-5-10(9)12(8)11/h7-12H,3-6H2,1-2H3. The molecular weight excluding hydrogens is 144 g/mol. The zero-order valence-electron chi connectivity index (χ0n) is 8.29. The highest BCUT2D eigenvalue weighted by Crippen LogP contribution is 2.67. The zero-order chi connectivity index (χ0) is 8.29. The Labute approximate surface area is 75.7 Å². The van der Waals surface area contributed by atoms with Crippen LogP contribution < -0.4 is 0 Å². The molecule has 0 heterocycles. The minimum atomic E-state index is 1.05. The Balaban J connectivity index is 1.80. The van der Waals surface area contributed by atoms with E-state index in [1.54, 1.807) is 19.3 Å². The first-order chi connectivity index (χ1) is 5.83. The van der Waals surface area contributed by atoms with E-state index in [-0.39, 0.29) is 0 Å². The van der Waals surface area contributed by atoms with Crippen LogP contribution in [-0.4, -0.2) is 0 Å². The summed E-state index contributed by atoms with van der Waals surface area (Å²) in [5.41, 5.74) is 0. The van der Waals surface area contributed by atoms with Crippen molar-refractivity contribution in [1.82, 2.24) is 0 Å². The highest BCUT2D eigenvalue weighted by Gasteiger charge is 2.61. The molecular formula is C12H20. The molecule has 3 fully saturated rings. The van der Waals surface area contributed by atoms with Crippen molar-refractivity contribution in [3.8, 4) is 0 Å². The molecule has 0 aromatic rings. The van der Waals surface area contributed by atoms with Gasteiger partial charge in [0.15, 0.2) is 0 Å². The van der Waals surface area contributed by atoms with Gasteiger partial charge in [-0.15, -0.1) is 0 Å². The Morgan fingerprint density at radius 3 is 2.42 bits per heavy atom. The maximum absolute atomic E-state index is 2.49. The third-order valence-electron chi connectivity index (χ3n) is 5.26. The number of fused-ring (bicyclic) bond motifs is 4. The lowest BCUT2D eigenvalue weighted by molar-refractivity contribution is -0.100. The Hall–Kier alpha value is 0. The van der Waals surface area contributed by atoms with Crippen molar-refractivity contribution in [3.63, 3.8) is 0 Å². The molecule has 0 aliphatic heterocycles. The van der Waals surface area contributed by atoms with E-state index < -0.39 is 0 Å². The molecule has 0 aromatic heterocycles. The number of hydrogen-bond donors (Lipinski definition) is 0. The van der Waals surface area contributed by atoms with Gasteiger partial charge in [0.2, 0.25) is 0 Å². The van der Waals surface area contributed by atoms with E-state index in [0.717, 1.165) is 11.8 Å². The molecule has 6 atom stereocenters. The summed E-state index contributed by atoms with van der Waals surface area (Å²) in [6, 6.07) is 0. The Morgan fingerprint density at radius 2 is 1.83 bits per heavy atom. The number of rotatable bonds is 1. The summed E-state index contributed by atoms with van der Waals surface area (Å²) >= 11 is 0. The van der Waals surface area contributed by atoms with E-state index in [1.807, 2.05) is 0 Å². The van der Waals surface area contributed by atoms with Gasteiger partial charge in [0.05, 0.1) is 0 Å². The average Bonchev–Trinajstić information content (AvgIpc) is 2.25. The molecule has 6 unspecified atom stereocenters. The summed E-state index contributed by atoms with van der Waals surface area (Å²) < 4.78 is 0. The van der Waals surface area contributed by atoms with Crippen molar-refractivity contribution < 1.29 is 0 Å². The van der Waals surface area contributed by atoms with E-state index in [4.69, 9.17) is 0 Å². The van der Waals surface area contributed by atoms with Gasteiger partial charge in [0.1, 0.15) is 0 Å². The van der Waals surface area contributed by atoms with Crippen molar-refractivity contribution in [2.24, 2.45) is 35.5 Å². The molecule has 3 aliphatic carbocycles. The van der Waals surface area contributed by atoms with Gasteiger partial charge in [0, 0.05) is 0 Å². The zero-order valence-corrected chi connectivity index (χ0v) is 8.29. The van der Waals surface area contributed by atoms with Gasteiger partial charge in [-0.25, -0.2) is 0 Å². The van der Waals surface area contributed by atoms with Crippen LogP contribution in [0.4, 0.5) is 0 Å². The summed E-state index contributed by atoms with van der Waals surface area (Å²) in [5.74, 6) is 6.93. The van der Waals surface area contributed by atoms with Gasteiger partial charge in [-0.2, -0.15) is 0 Å². The first-order valence-electron chi connectivity index (χ1n) is 5.83. The molecule has 0 nitrogen and oxygen atoms in total. The third-order valence-corrected chi connectivity index (χ3v) is 5.26. The minimum Gasteiger partial charge on any atom is -0.0651 e. The van der Waals surface area contributed by atoms with E-state index in [2.05, 4.69) is 13.8 Å². The quantitative estimate of drug-likeness (QED) is 0.557. The average molecular weight is 164 g/mol. The normalized spacial score (nSPS) is 61.5. The fourth-order valence-electron chi connectivity index (χ4n) is 4.64. The molecule has 3 aliphatic rings. The van der Waals surface area contributed by atoms with Gasteiger partial charge in [-0.1, -0.05) is 20.3 Å². The van der Waals surface area contributed by atoms with Crippen LogP contribution in [0.25, 0.3) is 0 Å². The fraction of sp³-hybridized carbons (Fsp3) is 1.00. The molecule has 0 amide bonds. The molecule has 0 saturated heterocycles. The van der Waals surface area contributed by atoms with E-state index in [9.17, 15) is 0 Å². The summed E-state index contributed by atoms with van der Waals surface area (Å²) in [4.78, 5) is 0. The van der Waals surface area contributed by atoms with Crippen LogP contribution in [0.3, 0.4) is 0 Å². The van der Waals surface area contributed by atoms with E-state index in [1.165, 1.54) is 30.1 Å². The van der Waals surface area contributed by atoms with Gasteiger partial charge >= 0.3 is 0 Å². The predicted molar refractivity (Wildman–Crippen MR) is 50.8 cm³/mol. The summed E-state index contributed by atoms with van der Waals surface area (Å²) in [6.07, 6.45) is 6.18. The first kappa shape index (κ1) is 7.41. The lowest BCUT2D eigenvalue weighted by atomic mass is 9.46. The summed E-state index contributed by atoms with van der Waals surface area (Å²) in [6.45, 7) is 4.89. The van der Waals surface area contributed by atoms with Gasteiger partial charge in [-0.05, 0) is 54.8 Å². The minimum absolute atomic E-state index is 1.05. The second kappa shape index (κ2) is 2.27. The highest BCUT2D eigenvalue weighted by molar-refractivity contribution is 5.09. The molecule has 0 bridgehead atoms. The van der Waals surface area contributed by atoms with E-state index in [0.29, 0.717) is 0 Å². The maximum Gasteiger partial charge on any atom is -0.0321 e. The summed E-state index contributed by atoms with van der Waals surface area (Å²) in [7, 11) is 0. The molecule has 68 valence electrons. The first-order valence-corrected chi connectivity index (χ1v) is 5.83. The molecule has 0 radical (unpaired) electrons. The lowest BCUT2D eigenvalue weighted by Gasteiger charge is -2.58. The van der Waals surface area contributed by atoms with Crippen LogP contribution in [0.15, 0.2) is 0 Å². The maximum atomic E-state index is 2.49. The largest absolute Gasteiger partial charge is 0.0651 e. The van der Waals surface area contributed by atoms with Crippen molar-refractivity contribution in [3.05, 3.63) is 0 Å². The van der Waals surface area contributed by atoms with Crippen LogP contribution in [0, 0.1) is 35.5 Å². The van der Waals surface area contributed by atoms with Crippen LogP contribution in [0.5, 0.6) is 0 Å². The van der Waals surface area contributed by atoms with Crippen molar-refractivity contribution >= 4 is 0 Å². The SMILES string of the molecule is CCC1C(C)CC2C3CCC3C12. The summed E-state index contributed by atoms with van der Waals surface area (Å²) in [5, 5.41) is 0. The lowest BCUT2D eigenvalue weighted by Crippen LogP contribution is -2.52. The van der Waals surface area contributed by atoms with Crippen LogP contribution >= 0.6 is 0 Å². The Morgan fingerprint density at radius 1 is 1.08 bits per heavy atom. The highest BCUT2D eigenvalue weighted by atomic mass is 14.7. The molecule has 0 N–H and O–H groups in total. The van der Waals surface area contributed by atoms with Crippen LogP contribution in [0.1, 0.15) is 39.5 Å². The Bertz CT molecular complexity index is 196. The molecule has 3 saturated carbocycles. The molecule has 0 heteroatoms. The predicted octanol–water partition coefficient (Wildman–Crippen LogP) is 3.32. The van der Waals surface area contributed by atoms with Gasteiger partial charge in [-0.3, -0.25) is 0 Å². The van der Waals surface area contributed by atoms with E-state index >= 15 is 0 Å². The van der Waals surface area contributed by atoms with Gasteiger partial charge < -0.3 is 0 Å². The topological polar surface area (TPSA) is 0 Å². The molecule has 12 heavy (non-hydrogen) atoms. The Kier molecular flexibility index (Phi) is 1.40. The van der Waals surface area contributed by atoms with Crippen molar-refractivity contribution in [2.75, 3.05) is 0 Å². The number of hydrogen-bond acceptors (Lipinski definition) is 0. The smallest absolute Gasteiger partial charge is 0.0321 e. The fourth-order valence-corrected chi connectivity index (χ4v) is 4.64. The second-order valence-corrected chi connectivity index (χ2v) is 5.43. The third kappa shape index (κ3) is 0.661. The molecule has 0 spiro atoms. The molecule has 0 aromatic carbocycles. The molecule has 3 rings (SSSR count). The van der Waals surface area contributed by atoms with Crippen molar-refractivity contribution in [1.29, 1.82) is 0 Å². The van der Waals surface area contributed by atoms with Crippen molar-refractivity contribution in [2.45, 2.75) is 39.5 Å². The monoisotopic (exact) mass is 164 g/mol. The van der Waals surface area contributed by atoms with Crippen LogP contribution in [0.2, 0.25) is 0 Å². The van der Waals surface area contributed by atoms with Crippen LogP contribution in [-0.2, 0) is 0 Å².